The number of carbonyl (C=O) groups excluding carboxylic acids is 1. The summed E-state index contributed by atoms with van der Waals surface area (Å²) in [5.41, 5.74) is 1.59. The van der Waals surface area contributed by atoms with Gasteiger partial charge in [-0.2, -0.15) is 5.10 Å². The van der Waals surface area contributed by atoms with Crippen LogP contribution in [0.5, 0.6) is 0 Å². The number of aromatic nitrogens is 2. The van der Waals surface area contributed by atoms with E-state index in [0.717, 1.165) is 34.8 Å². The molecule has 1 amide bonds. The number of rotatable bonds is 3. The van der Waals surface area contributed by atoms with Crippen molar-refractivity contribution in [3.05, 3.63) is 45.7 Å². The molecule has 5 nitrogen and oxygen atoms in total. The summed E-state index contributed by atoms with van der Waals surface area (Å²) >= 11 is 9.48. The van der Waals surface area contributed by atoms with Crippen LogP contribution < -0.4 is 4.90 Å². The van der Waals surface area contributed by atoms with Crippen molar-refractivity contribution in [2.45, 2.75) is 13.5 Å². The van der Waals surface area contributed by atoms with E-state index in [0.29, 0.717) is 18.8 Å². The molecular formula is C16H18BrClN4O. The van der Waals surface area contributed by atoms with Crippen molar-refractivity contribution < 1.29 is 4.79 Å². The number of hydrogen-bond donors (Lipinski definition) is 0. The lowest BCUT2D eigenvalue weighted by Crippen LogP contribution is -2.49. The number of halogens is 2. The highest BCUT2D eigenvalue weighted by Gasteiger charge is 2.25. The highest BCUT2D eigenvalue weighted by atomic mass is 79.9. The van der Waals surface area contributed by atoms with E-state index in [1.165, 1.54) is 0 Å². The number of amides is 1. The number of hydrogen-bond acceptors (Lipinski definition) is 3. The third-order valence-electron chi connectivity index (χ3n) is 3.98. The summed E-state index contributed by atoms with van der Waals surface area (Å²) in [6.45, 7) is 5.68. The summed E-state index contributed by atoms with van der Waals surface area (Å²) in [4.78, 5) is 16.7. The first kappa shape index (κ1) is 16.3. The van der Waals surface area contributed by atoms with Gasteiger partial charge in [0.1, 0.15) is 0 Å². The molecule has 122 valence electrons. The third kappa shape index (κ3) is 3.53. The summed E-state index contributed by atoms with van der Waals surface area (Å²) in [7, 11) is 0. The van der Waals surface area contributed by atoms with Gasteiger partial charge in [0.15, 0.2) is 5.69 Å². The molecule has 1 aromatic heterocycles. The van der Waals surface area contributed by atoms with Crippen molar-refractivity contribution >= 4 is 39.1 Å². The van der Waals surface area contributed by atoms with Gasteiger partial charge in [-0.05, 0) is 41.1 Å². The van der Waals surface area contributed by atoms with Gasteiger partial charge in [0.05, 0.1) is 4.47 Å². The standard InChI is InChI=1S/C16H18BrClN4O/c1-2-22-11-14(17)15(19-22)16(23)21-8-6-20(7-9-21)13-5-3-4-12(18)10-13/h3-5,10-11H,2,6-9H2,1H3. The molecule has 0 unspecified atom stereocenters. The molecule has 1 aliphatic rings. The minimum Gasteiger partial charge on any atom is -0.368 e. The van der Waals surface area contributed by atoms with Gasteiger partial charge in [0, 0.05) is 49.6 Å². The van der Waals surface area contributed by atoms with E-state index in [1.54, 1.807) is 4.68 Å². The molecule has 7 heteroatoms. The van der Waals surface area contributed by atoms with Crippen LogP contribution in [0.25, 0.3) is 0 Å². The minimum atomic E-state index is -0.0187. The maximum Gasteiger partial charge on any atom is 0.275 e. The number of anilines is 1. The zero-order chi connectivity index (χ0) is 16.4. The SMILES string of the molecule is CCn1cc(Br)c(C(=O)N2CCN(c3cccc(Cl)c3)CC2)n1. The van der Waals surface area contributed by atoms with Gasteiger partial charge in [0.25, 0.3) is 5.91 Å². The molecule has 23 heavy (non-hydrogen) atoms. The zero-order valence-corrected chi connectivity index (χ0v) is 15.2. The van der Waals surface area contributed by atoms with E-state index >= 15 is 0 Å². The molecule has 1 saturated heterocycles. The van der Waals surface area contributed by atoms with Crippen LogP contribution >= 0.6 is 27.5 Å². The zero-order valence-electron chi connectivity index (χ0n) is 12.9. The average Bonchev–Trinajstić information content (AvgIpc) is 2.95. The molecular weight excluding hydrogens is 380 g/mol. The van der Waals surface area contributed by atoms with Crippen LogP contribution in [0.2, 0.25) is 5.02 Å². The predicted octanol–water partition coefficient (Wildman–Crippen LogP) is 3.28. The molecule has 1 aliphatic heterocycles. The predicted molar refractivity (Wildman–Crippen MR) is 95.2 cm³/mol. The van der Waals surface area contributed by atoms with E-state index in [4.69, 9.17) is 11.6 Å². The Morgan fingerprint density at radius 1 is 1.30 bits per heavy atom. The Bertz CT molecular complexity index is 710. The van der Waals surface area contributed by atoms with Crippen molar-refractivity contribution in [2.75, 3.05) is 31.1 Å². The number of benzene rings is 1. The molecule has 0 bridgehead atoms. The molecule has 0 N–H and O–H groups in total. The maximum atomic E-state index is 12.6. The van der Waals surface area contributed by atoms with Crippen LogP contribution in [0.1, 0.15) is 17.4 Å². The van der Waals surface area contributed by atoms with Crippen LogP contribution in [0.4, 0.5) is 5.69 Å². The summed E-state index contributed by atoms with van der Waals surface area (Å²) < 4.78 is 2.51. The minimum absolute atomic E-state index is 0.0187. The van der Waals surface area contributed by atoms with Crippen LogP contribution in [0.15, 0.2) is 34.9 Å². The monoisotopic (exact) mass is 396 g/mol. The number of aryl methyl sites for hydroxylation is 1. The molecule has 0 radical (unpaired) electrons. The molecule has 0 spiro atoms. The third-order valence-corrected chi connectivity index (χ3v) is 4.80. The lowest BCUT2D eigenvalue weighted by atomic mass is 10.2. The van der Waals surface area contributed by atoms with Crippen LogP contribution in [-0.2, 0) is 6.54 Å². The Hall–Kier alpha value is -1.53. The smallest absolute Gasteiger partial charge is 0.275 e. The van der Waals surface area contributed by atoms with Crippen LogP contribution in [0, 0.1) is 0 Å². The first-order chi connectivity index (χ1) is 11.1. The Morgan fingerprint density at radius 2 is 2.04 bits per heavy atom. The second kappa shape index (κ2) is 6.93. The van der Waals surface area contributed by atoms with E-state index in [2.05, 4.69) is 25.9 Å². The van der Waals surface area contributed by atoms with Gasteiger partial charge in [-0.25, -0.2) is 0 Å². The number of nitrogens with zero attached hydrogens (tertiary/aromatic N) is 4. The van der Waals surface area contributed by atoms with E-state index in [1.807, 2.05) is 42.3 Å². The van der Waals surface area contributed by atoms with Crippen molar-refractivity contribution in [1.29, 1.82) is 0 Å². The van der Waals surface area contributed by atoms with Gasteiger partial charge >= 0.3 is 0 Å². The van der Waals surface area contributed by atoms with Gasteiger partial charge in [0.2, 0.25) is 0 Å². The first-order valence-corrected chi connectivity index (χ1v) is 8.78. The van der Waals surface area contributed by atoms with Crippen molar-refractivity contribution in [3.8, 4) is 0 Å². The fourth-order valence-corrected chi connectivity index (χ4v) is 3.36. The highest BCUT2D eigenvalue weighted by molar-refractivity contribution is 9.10. The van der Waals surface area contributed by atoms with Gasteiger partial charge in [-0.1, -0.05) is 17.7 Å². The number of piperazine rings is 1. The largest absolute Gasteiger partial charge is 0.368 e. The summed E-state index contributed by atoms with van der Waals surface area (Å²) in [6, 6.07) is 7.82. The average molecular weight is 398 g/mol. The molecule has 0 saturated carbocycles. The highest BCUT2D eigenvalue weighted by Crippen LogP contribution is 2.22. The van der Waals surface area contributed by atoms with Crippen LogP contribution in [0.3, 0.4) is 0 Å². The Kier molecular flexibility index (Phi) is 4.92. The van der Waals surface area contributed by atoms with E-state index < -0.39 is 0 Å². The summed E-state index contributed by atoms with van der Waals surface area (Å²) in [6.07, 6.45) is 1.84. The lowest BCUT2D eigenvalue weighted by Gasteiger charge is -2.36. The maximum absolute atomic E-state index is 12.6. The quantitative estimate of drug-likeness (QED) is 0.798. The molecule has 0 atom stereocenters. The van der Waals surface area contributed by atoms with Gasteiger partial charge in [-0.3, -0.25) is 9.48 Å². The fraction of sp³-hybridized carbons (Fsp3) is 0.375. The molecule has 2 heterocycles. The summed E-state index contributed by atoms with van der Waals surface area (Å²) in [5.74, 6) is -0.0187. The van der Waals surface area contributed by atoms with Crippen LogP contribution in [-0.4, -0.2) is 46.8 Å². The molecule has 1 fully saturated rings. The second-order valence-electron chi connectivity index (χ2n) is 5.44. The van der Waals surface area contributed by atoms with E-state index in [-0.39, 0.29) is 5.91 Å². The molecule has 3 rings (SSSR count). The van der Waals surface area contributed by atoms with Gasteiger partial charge < -0.3 is 9.80 Å². The van der Waals surface area contributed by atoms with E-state index in [9.17, 15) is 4.79 Å². The Morgan fingerprint density at radius 3 is 2.65 bits per heavy atom. The van der Waals surface area contributed by atoms with Crippen molar-refractivity contribution in [1.82, 2.24) is 14.7 Å². The summed E-state index contributed by atoms with van der Waals surface area (Å²) in [5, 5.41) is 5.07. The second-order valence-corrected chi connectivity index (χ2v) is 6.73. The van der Waals surface area contributed by atoms with Gasteiger partial charge in [-0.15, -0.1) is 0 Å². The molecule has 1 aromatic carbocycles. The lowest BCUT2D eigenvalue weighted by molar-refractivity contribution is 0.0739. The van der Waals surface area contributed by atoms with Crippen molar-refractivity contribution in [2.24, 2.45) is 0 Å². The normalized spacial score (nSPS) is 15.1. The topological polar surface area (TPSA) is 41.4 Å². The fourth-order valence-electron chi connectivity index (χ4n) is 2.69. The first-order valence-electron chi connectivity index (χ1n) is 7.61. The number of carbonyl (C=O) groups is 1. The molecule has 2 aromatic rings. The Labute approximate surface area is 148 Å². The molecule has 0 aliphatic carbocycles. The van der Waals surface area contributed by atoms with Crippen molar-refractivity contribution in [3.63, 3.8) is 0 Å². The Balaban J connectivity index is 1.66.